The second kappa shape index (κ2) is 5.49. The van der Waals surface area contributed by atoms with Gasteiger partial charge < -0.3 is 15.4 Å². The third kappa shape index (κ3) is 3.08. The van der Waals surface area contributed by atoms with Gasteiger partial charge in [-0.05, 0) is 40.5 Å². The fourth-order valence-corrected chi connectivity index (χ4v) is 2.22. The van der Waals surface area contributed by atoms with E-state index in [1.165, 1.54) is 0 Å². The van der Waals surface area contributed by atoms with Crippen molar-refractivity contribution in [3.63, 3.8) is 0 Å². The Morgan fingerprint density at radius 3 is 3.00 bits per heavy atom. The van der Waals surface area contributed by atoms with Crippen LogP contribution in [0.15, 0.2) is 22.7 Å². The standard InChI is InChI=1S/C12H13BrN2O3/c1-7-2-3-9(8(13)4-7)15-12(17)10-5-18-6-11(16)14-10/h2-4,10H,5-6H2,1H3,(H,14,16)(H,15,17). The summed E-state index contributed by atoms with van der Waals surface area (Å²) in [4.78, 5) is 23.0. The third-order valence-electron chi connectivity index (χ3n) is 2.55. The number of morpholine rings is 1. The summed E-state index contributed by atoms with van der Waals surface area (Å²) in [6.07, 6.45) is 0. The van der Waals surface area contributed by atoms with Crippen molar-refractivity contribution in [2.45, 2.75) is 13.0 Å². The van der Waals surface area contributed by atoms with Crippen molar-refractivity contribution >= 4 is 33.4 Å². The van der Waals surface area contributed by atoms with Crippen LogP contribution in [-0.2, 0) is 14.3 Å². The Labute approximate surface area is 113 Å². The van der Waals surface area contributed by atoms with Crippen LogP contribution in [0.25, 0.3) is 0 Å². The lowest BCUT2D eigenvalue weighted by atomic mass is 10.2. The van der Waals surface area contributed by atoms with Crippen LogP contribution in [0.4, 0.5) is 5.69 Å². The van der Waals surface area contributed by atoms with E-state index in [2.05, 4.69) is 26.6 Å². The lowest BCUT2D eigenvalue weighted by molar-refractivity contribution is -0.136. The molecule has 1 aliphatic rings. The molecular formula is C12H13BrN2O3. The number of rotatable bonds is 2. The summed E-state index contributed by atoms with van der Waals surface area (Å²) in [6, 6.07) is 4.98. The maximum atomic E-state index is 11.9. The van der Waals surface area contributed by atoms with Gasteiger partial charge in [0.25, 0.3) is 0 Å². The zero-order valence-corrected chi connectivity index (χ0v) is 11.4. The van der Waals surface area contributed by atoms with Gasteiger partial charge in [0.1, 0.15) is 12.6 Å². The number of ether oxygens (including phenoxy) is 1. The summed E-state index contributed by atoms with van der Waals surface area (Å²) in [7, 11) is 0. The molecule has 2 amide bonds. The number of benzene rings is 1. The number of carbonyl (C=O) groups excluding carboxylic acids is 2. The van der Waals surface area contributed by atoms with Crippen LogP contribution in [0.2, 0.25) is 0 Å². The molecule has 18 heavy (non-hydrogen) atoms. The first-order valence-corrected chi connectivity index (χ1v) is 6.29. The SMILES string of the molecule is Cc1ccc(NC(=O)C2COCC(=O)N2)c(Br)c1. The van der Waals surface area contributed by atoms with E-state index in [9.17, 15) is 9.59 Å². The Bertz CT molecular complexity index is 490. The number of hydrogen-bond acceptors (Lipinski definition) is 3. The summed E-state index contributed by atoms with van der Waals surface area (Å²) in [5.74, 6) is -0.558. The molecule has 0 aliphatic carbocycles. The Morgan fingerprint density at radius 1 is 1.56 bits per heavy atom. The summed E-state index contributed by atoms with van der Waals surface area (Å²) < 4.78 is 5.82. The van der Waals surface area contributed by atoms with Crippen LogP contribution in [0, 0.1) is 6.92 Å². The largest absolute Gasteiger partial charge is 0.369 e. The molecule has 1 atom stereocenters. The maximum absolute atomic E-state index is 11.9. The Hall–Kier alpha value is -1.40. The minimum absolute atomic E-state index is 0.0119. The van der Waals surface area contributed by atoms with Gasteiger partial charge in [-0.25, -0.2) is 0 Å². The minimum Gasteiger partial charge on any atom is -0.369 e. The molecule has 0 bridgehead atoms. The van der Waals surface area contributed by atoms with Gasteiger partial charge in [-0.1, -0.05) is 6.07 Å². The van der Waals surface area contributed by atoms with E-state index in [4.69, 9.17) is 4.74 Å². The highest BCUT2D eigenvalue weighted by atomic mass is 79.9. The van der Waals surface area contributed by atoms with Crippen molar-refractivity contribution in [2.24, 2.45) is 0 Å². The van der Waals surface area contributed by atoms with Crippen LogP contribution in [0.5, 0.6) is 0 Å². The molecule has 0 spiro atoms. The van der Waals surface area contributed by atoms with Crippen molar-refractivity contribution < 1.29 is 14.3 Å². The molecule has 1 unspecified atom stereocenters. The Kier molecular flexibility index (Phi) is 3.98. The van der Waals surface area contributed by atoms with Gasteiger partial charge >= 0.3 is 0 Å². The normalized spacial score (nSPS) is 19.2. The van der Waals surface area contributed by atoms with Gasteiger partial charge in [-0.15, -0.1) is 0 Å². The summed E-state index contributed by atoms with van der Waals surface area (Å²) in [5, 5.41) is 5.32. The summed E-state index contributed by atoms with van der Waals surface area (Å²) >= 11 is 3.38. The van der Waals surface area contributed by atoms with Crippen LogP contribution in [0.3, 0.4) is 0 Å². The molecule has 2 rings (SSSR count). The molecule has 1 aromatic carbocycles. The minimum atomic E-state index is -0.639. The molecule has 1 fully saturated rings. The zero-order valence-electron chi connectivity index (χ0n) is 9.83. The quantitative estimate of drug-likeness (QED) is 0.862. The predicted octanol–water partition coefficient (Wildman–Crippen LogP) is 1.21. The van der Waals surface area contributed by atoms with E-state index in [0.717, 1.165) is 10.0 Å². The van der Waals surface area contributed by atoms with Gasteiger partial charge in [0.2, 0.25) is 11.8 Å². The molecule has 0 aromatic heterocycles. The fourth-order valence-electron chi connectivity index (χ4n) is 1.63. The second-order valence-corrected chi connectivity index (χ2v) is 4.96. The topological polar surface area (TPSA) is 67.4 Å². The Morgan fingerprint density at radius 2 is 2.33 bits per heavy atom. The van der Waals surface area contributed by atoms with E-state index in [0.29, 0.717) is 5.69 Å². The lowest BCUT2D eigenvalue weighted by Gasteiger charge is -2.22. The molecule has 0 radical (unpaired) electrons. The molecule has 0 saturated carbocycles. The van der Waals surface area contributed by atoms with E-state index in [1.807, 2.05) is 25.1 Å². The lowest BCUT2D eigenvalue weighted by Crippen LogP contribution is -2.52. The number of carbonyl (C=O) groups is 2. The van der Waals surface area contributed by atoms with Crippen LogP contribution >= 0.6 is 15.9 Å². The zero-order chi connectivity index (χ0) is 13.1. The molecule has 1 saturated heterocycles. The van der Waals surface area contributed by atoms with Gasteiger partial charge in [0, 0.05) is 4.47 Å². The summed E-state index contributed by atoms with van der Waals surface area (Å²) in [5.41, 5.74) is 1.76. The van der Waals surface area contributed by atoms with E-state index < -0.39 is 6.04 Å². The van der Waals surface area contributed by atoms with Crippen LogP contribution in [-0.4, -0.2) is 31.1 Å². The second-order valence-electron chi connectivity index (χ2n) is 4.11. The van der Waals surface area contributed by atoms with Gasteiger partial charge in [-0.3, -0.25) is 9.59 Å². The molecule has 1 aromatic rings. The van der Waals surface area contributed by atoms with Gasteiger partial charge in [0.15, 0.2) is 0 Å². The number of nitrogens with one attached hydrogen (secondary N) is 2. The van der Waals surface area contributed by atoms with Crippen LogP contribution in [0.1, 0.15) is 5.56 Å². The molecule has 96 valence electrons. The number of amides is 2. The molecule has 1 heterocycles. The monoisotopic (exact) mass is 312 g/mol. The first kappa shape index (κ1) is 13.0. The molecule has 5 nitrogen and oxygen atoms in total. The molecule has 6 heteroatoms. The first-order chi connectivity index (χ1) is 8.56. The fraction of sp³-hybridized carbons (Fsp3) is 0.333. The van der Waals surface area contributed by atoms with Crippen molar-refractivity contribution in [2.75, 3.05) is 18.5 Å². The van der Waals surface area contributed by atoms with Crippen molar-refractivity contribution in [3.8, 4) is 0 Å². The highest BCUT2D eigenvalue weighted by Gasteiger charge is 2.25. The van der Waals surface area contributed by atoms with E-state index >= 15 is 0 Å². The first-order valence-electron chi connectivity index (χ1n) is 5.50. The van der Waals surface area contributed by atoms with Gasteiger partial charge in [0.05, 0.1) is 12.3 Å². The average Bonchev–Trinajstić information content (AvgIpc) is 2.32. The number of halogens is 1. The smallest absolute Gasteiger partial charge is 0.249 e. The summed E-state index contributed by atoms with van der Waals surface area (Å²) in [6.45, 7) is 2.17. The molecular weight excluding hydrogens is 300 g/mol. The van der Waals surface area contributed by atoms with Crippen molar-refractivity contribution in [3.05, 3.63) is 28.2 Å². The van der Waals surface area contributed by atoms with Crippen molar-refractivity contribution in [1.82, 2.24) is 5.32 Å². The highest BCUT2D eigenvalue weighted by Crippen LogP contribution is 2.23. The molecule has 2 N–H and O–H groups in total. The maximum Gasteiger partial charge on any atom is 0.249 e. The Balaban J connectivity index is 2.04. The number of hydrogen-bond donors (Lipinski definition) is 2. The predicted molar refractivity (Wildman–Crippen MR) is 70.3 cm³/mol. The van der Waals surface area contributed by atoms with Crippen LogP contribution < -0.4 is 10.6 Å². The third-order valence-corrected chi connectivity index (χ3v) is 3.21. The number of anilines is 1. The van der Waals surface area contributed by atoms with Crippen molar-refractivity contribution in [1.29, 1.82) is 0 Å². The number of aryl methyl sites for hydroxylation is 1. The van der Waals surface area contributed by atoms with E-state index in [-0.39, 0.29) is 25.0 Å². The van der Waals surface area contributed by atoms with Gasteiger partial charge in [-0.2, -0.15) is 0 Å². The van der Waals surface area contributed by atoms with E-state index in [1.54, 1.807) is 0 Å². The highest BCUT2D eigenvalue weighted by molar-refractivity contribution is 9.10. The average molecular weight is 313 g/mol. The molecule has 1 aliphatic heterocycles.